The number of alkyl halides is 3. The number of carbonyl (C=O) groups excluding carboxylic acids is 2. The monoisotopic (exact) mass is 584 g/mol. The number of carbonyl (C=O) groups is 2. The van der Waals surface area contributed by atoms with Gasteiger partial charge in [0.25, 0.3) is 5.91 Å². The van der Waals surface area contributed by atoms with Crippen molar-refractivity contribution in [3.05, 3.63) is 71.9 Å². The second kappa shape index (κ2) is 14.0. The van der Waals surface area contributed by atoms with E-state index in [4.69, 9.17) is 20.6 Å². The Morgan fingerprint density at radius 1 is 1.05 bits per heavy atom. The minimum atomic E-state index is -4.53. The van der Waals surface area contributed by atoms with E-state index in [1.165, 1.54) is 0 Å². The van der Waals surface area contributed by atoms with E-state index in [1.807, 2.05) is 17.4 Å². The number of nitrogens with one attached hydrogen (secondary N) is 1. The van der Waals surface area contributed by atoms with Gasteiger partial charge in [0.05, 0.1) is 5.56 Å². The van der Waals surface area contributed by atoms with Gasteiger partial charge in [0.2, 0.25) is 0 Å². The van der Waals surface area contributed by atoms with Crippen LogP contribution < -0.4 is 11.1 Å². The summed E-state index contributed by atoms with van der Waals surface area (Å²) >= 11 is 0. The van der Waals surface area contributed by atoms with Crippen LogP contribution in [0, 0.1) is 11.8 Å². The van der Waals surface area contributed by atoms with Gasteiger partial charge in [0.15, 0.2) is 0 Å². The zero-order chi connectivity index (χ0) is 31.0. The van der Waals surface area contributed by atoms with Crippen LogP contribution in [-0.2, 0) is 11.0 Å². The van der Waals surface area contributed by atoms with Crippen molar-refractivity contribution in [2.75, 3.05) is 18.2 Å². The number of aliphatic hydroxyl groups excluding tert-OH is 1. The lowest BCUT2D eigenvalue weighted by molar-refractivity contribution is -0.137. The summed E-state index contributed by atoms with van der Waals surface area (Å²) in [5.41, 5.74) is 7.84. The number of benzene rings is 1. The van der Waals surface area contributed by atoms with Gasteiger partial charge >= 0.3 is 6.18 Å². The van der Waals surface area contributed by atoms with Crippen LogP contribution in [0.2, 0.25) is 0 Å². The van der Waals surface area contributed by atoms with Crippen LogP contribution in [0.5, 0.6) is 0 Å². The Bertz CT molecular complexity index is 1480. The number of hydrogen-bond acceptors (Lipinski definition) is 7. The van der Waals surface area contributed by atoms with Crippen LogP contribution in [-0.4, -0.2) is 44.3 Å². The number of aliphatic hydroxyl groups is 1. The Kier molecular flexibility index (Phi) is 10.8. The fourth-order valence-corrected chi connectivity index (χ4v) is 5.26. The number of fused-ring (bicyclic) bond motifs is 1. The summed E-state index contributed by atoms with van der Waals surface area (Å²) in [7, 11) is 1.00. The van der Waals surface area contributed by atoms with E-state index in [-0.39, 0.29) is 11.4 Å². The smallest absolute Gasteiger partial charge is 0.400 e. The number of rotatable bonds is 5. The summed E-state index contributed by atoms with van der Waals surface area (Å²) in [6.45, 7) is 6.56. The molecule has 4 aromatic rings. The minimum Gasteiger partial charge on any atom is -0.400 e. The van der Waals surface area contributed by atoms with Crippen molar-refractivity contribution >= 4 is 29.8 Å². The van der Waals surface area contributed by atoms with E-state index in [1.54, 1.807) is 30.5 Å². The molecule has 12 heteroatoms. The molecule has 42 heavy (non-hydrogen) atoms. The first-order valence-electron chi connectivity index (χ1n) is 13.4. The first-order chi connectivity index (χ1) is 20.1. The lowest BCUT2D eigenvalue weighted by atomic mass is 9.77. The molecule has 1 aliphatic carbocycles. The maximum Gasteiger partial charge on any atom is 0.416 e. The zero-order valence-electron chi connectivity index (χ0n) is 23.7. The van der Waals surface area contributed by atoms with Gasteiger partial charge in [-0.15, -0.1) is 0 Å². The number of hydrogen-bond donors (Lipinski definition) is 3. The van der Waals surface area contributed by atoms with Gasteiger partial charge in [-0.2, -0.15) is 13.2 Å². The third-order valence-corrected chi connectivity index (χ3v) is 7.44. The fraction of sp³-hybridized carbons (Fsp3) is 0.367. The third kappa shape index (κ3) is 7.11. The van der Waals surface area contributed by atoms with Gasteiger partial charge in [0.1, 0.15) is 35.5 Å². The topological polar surface area (TPSA) is 136 Å². The van der Waals surface area contributed by atoms with Crippen LogP contribution in [0.4, 0.5) is 24.8 Å². The Morgan fingerprint density at radius 2 is 1.69 bits per heavy atom. The quantitative estimate of drug-likeness (QED) is 0.262. The van der Waals surface area contributed by atoms with E-state index in [2.05, 4.69) is 29.1 Å². The second-order valence-electron chi connectivity index (χ2n) is 10.2. The van der Waals surface area contributed by atoms with Crippen molar-refractivity contribution in [3.8, 4) is 11.3 Å². The number of pyridine rings is 1. The molecule has 0 atom stereocenters. The van der Waals surface area contributed by atoms with Gasteiger partial charge in [-0.25, -0.2) is 15.0 Å². The van der Waals surface area contributed by atoms with Gasteiger partial charge in [0, 0.05) is 42.7 Å². The summed E-state index contributed by atoms with van der Waals surface area (Å²) in [4.78, 5) is 33.8. The van der Waals surface area contributed by atoms with E-state index in [0.29, 0.717) is 23.3 Å². The van der Waals surface area contributed by atoms with Crippen molar-refractivity contribution < 1.29 is 27.9 Å². The molecule has 1 aliphatic rings. The van der Waals surface area contributed by atoms with Crippen molar-refractivity contribution in [3.63, 3.8) is 0 Å². The van der Waals surface area contributed by atoms with Crippen molar-refractivity contribution in [1.82, 2.24) is 19.4 Å². The average Bonchev–Trinajstić information content (AvgIpc) is 3.40. The highest BCUT2D eigenvalue weighted by molar-refractivity contribution is 6.04. The predicted octanol–water partition coefficient (Wildman–Crippen LogP) is 6.00. The van der Waals surface area contributed by atoms with Crippen molar-refractivity contribution in [1.29, 1.82) is 0 Å². The molecule has 0 spiro atoms. The number of nitrogens with two attached hydrogens (primary N) is 1. The normalized spacial score (nSPS) is 16.7. The molecule has 224 valence electrons. The van der Waals surface area contributed by atoms with Crippen molar-refractivity contribution in [2.45, 2.75) is 51.6 Å². The number of halogens is 3. The largest absolute Gasteiger partial charge is 0.416 e. The van der Waals surface area contributed by atoms with E-state index >= 15 is 0 Å². The highest BCUT2D eigenvalue weighted by Crippen LogP contribution is 2.40. The van der Waals surface area contributed by atoms with E-state index in [0.717, 1.165) is 73.9 Å². The molecule has 0 radical (unpaired) electrons. The molecular weight excluding hydrogens is 549 g/mol. The molecule has 9 nitrogen and oxygen atoms in total. The van der Waals surface area contributed by atoms with Gasteiger partial charge in [-0.05, 0) is 61.8 Å². The first-order valence-corrected chi connectivity index (χ1v) is 13.4. The van der Waals surface area contributed by atoms with Crippen LogP contribution in [0.3, 0.4) is 0 Å². The number of amides is 1. The Morgan fingerprint density at radius 3 is 2.29 bits per heavy atom. The fourth-order valence-electron chi connectivity index (χ4n) is 5.26. The van der Waals surface area contributed by atoms with Crippen LogP contribution >= 0.6 is 0 Å². The standard InChI is InChI=1S/C28H29F3N6O.CH4O.CH2O/c1-16(2)17-3-7-19(8-4-17)26-36-23(24-25(32)34-13-14-37(24)26)18-5-9-20(10-6-18)27(38)35-22-15-21(11-12-33-22)28(29,30)31;2*1-2/h5-6,9-17,19H,3-4,7-8H2,1-2H3,(H2,32,34)(H,33,35,38);2H,1H3;1H2. The van der Waals surface area contributed by atoms with E-state index < -0.39 is 17.6 Å². The molecule has 1 aromatic carbocycles. The first kappa shape index (κ1) is 32.2. The molecule has 3 aromatic heterocycles. The molecule has 4 N–H and O–H groups in total. The third-order valence-electron chi connectivity index (χ3n) is 7.44. The molecule has 1 fully saturated rings. The zero-order valence-corrected chi connectivity index (χ0v) is 23.7. The molecule has 0 aliphatic heterocycles. The van der Waals surface area contributed by atoms with Gasteiger partial charge in [-0.1, -0.05) is 26.0 Å². The molecule has 0 bridgehead atoms. The second-order valence-corrected chi connectivity index (χ2v) is 10.2. The molecule has 0 saturated heterocycles. The van der Waals surface area contributed by atoms with Crippen LogP contribution in [0.25, 0.3) is 16.8 Å². The van der Waals surface area contributed by atoms with Crippen molar-refractivity contribution in [2.24, 2.45) is 11.8 Å². The molecule has 5 rings (SSSR count). The molecule has 1 saturated carbocycles. The summed E-state index contributed by atoms with van der Waals surface area (Å²) in [6.07, 6.45) is 4.49. The highest BCUT2D eigenvalue weighted by atomic mass is 19.4. The Labute approximate surface area is 242 Å². The predicted molar refractivity (Wildman–Crippen MR) is 155 cm³/mol. The SMILES string of the molecule is C=O.CC(C)C1CCC(c2nc(-c3ccc(C(=O)Nc4cc(C(F)(F)F)ccn4)cc3)c3c(N)nccn23)CC1.CO. The number of imidazole rings is 1. The molecule has 3 heterocycles. The molecule has 0 unspecified atom stereocenters. The number of nitrogens with zero attached hydrogens (tertiary/aromatic N) is 4. The Hall–Kier alpha value is -4.32. The molecule has 1 amide bonds. The summed E-state index contributed by atoms with van der Waals surface area (Å²) in [6, 6.07) is 8.36. The summed E-state index contributed by atoms with van der Waals surface area (Å²) < 4.78 is 41.0. The number of nitrogen functional groups attached to an aromatic ring is 1. The van der Waals surface area contributed by atoms with Gasteiger partial charge in [-0.3, -0.25) is 9.20 Å². The van der Waals surface area contributed by atoms with Gasteiger partial charge < -0.3 is 21.0 Å². The minimum absolute atomic E-state index is 0.176. The molecular formula is C30H35F3N6O3. The number of aromatic nitrogens is 4. The summed E-state index contributed by atoms with van der Waals surface area (Å²) in [5.74, 6) is 2.31. The lowest BCUT2D eigenvalue weighted by Gasteiger charge is -2.30. The Balaban J connectivity index is 0.00000116. The number of anilines is 2. The van der Waals surface area contributed by atoms with Crippen LogP contribution in [0.1, 0.15) is 67.2 Å². The average molecular weight is 585 g/mol. The lowest BCUT2D eigenvalue weighted by Crippen LogP contribution is -2.19. The highest BCUT2D eigenvalue weighted by Gasteiger charge is 2.31. The summed E-state index contributed by atoms with van der Waals surface area (Å²) in [5, 5.41) is 9.43. The maximum absolute atomic E-state index is 13.0. The maximum atomic E-state index is 13.0. The van der Waals surface area contributed by atoms with E-state index in [9.17, 15) is 18.0 Å². The van der Waals surface area contributed by atoms with Crippen LogP contribution in [0.15, 0.2) is 55.0 Å².